The van der Waals surface area contributed by atoms with E-state index in [1.807, 2.05) is 6.08 Å². The molecule has 7 aromatic carbocycles. The van der Waals surface area contributed by atoms with Crippen molar-refractivity contribution in [2.45, 2.75) is 111 Å². The smallest absolute Gasteiger partial charge is 0.333 e. The van der Waals surface area contributed by atoms with E-state index in [-0.39, 0.29) is 23.1 Å². The molecule has 0 spiro atoms. The van der Waals surface area contributed by atoms with Crippen molar-refractivity contribution in [3.05, 3.63) is 168 Å². The van der Waals surface area contributed by atoms with Crippen molar-refractivity contribution in [3.63, 3.8) is 0 Å². The van der Waals surface area contributed by atoms with Gasteiger partial charge < -0.3 is 18.5 Å². The molecule has 2 aromatic heterocycles. The van der Waals surface area contributed by atoms with Crippen LogP contribution in [0.25, 0.3) is 65.8 Å². The van der Waals surface area contributed by atoms with E-state index in [9.17, 15) is 0 Å². The van der Waals surface area contributed by atoms with Crippen LogP contribution in [-0.2, 0) is 16.2 Å². The summed E-state index contributed by atoms with van der Waals surface area (Å²) in [6.45, 7) is 25.1. The number of fused-ring (bicyclic) bond motifs is 13. The lowest BCUT2D eigenvalue weighted by Crippen LogP contribution is -2.62. The molecule has 0 unspecified atom stereocenters. The Hall–Kier alpha value is -6.72. The molecular weight excluding hydrogens is 828 g/mol. The van der Waals surface area contributed by atoms with Crippen LogP contribution >= 0.6 is 0 Å². The number of para-hydroxylation sites is 1. The molecule has 338 valence electrons. The number of benzene rings is 7. The van der Waals surface area contributed by atoms with Gasteiger partial charge in [0.25, 0.3) is 0 Å². The van der Waals surface area contributed by atoms with Crippen molar-refractivity contribution in [2.75, 3.05) is 9.71 Å². The minimum absolute atomic E-state index is 0.0103. The van der Waals surface area contributed by atoms with Crippen LogP contribution in [0.4, 0.5) is 22.7 Å². The summed E-state index contributed by atoms with van der Waals surface area (Å²) in [6, 6.07) is 43.7. The van der Waals surface area contributed by atoms with E-state index in [1.165, 1.54) is 66.2 Å². The first-order chi connectivity index (χ1) is 32.6. The SMILES string of the molecule is C=C/C(=C\C=C(/C)N1c2cc3oc4cc5c(cc4c3cc2B2c3c(cc4c(oc6ccccc64)c31)-c1cc3ccccc3cc1N2c1ccc(C(C)(C)C)cc1)C(C)(C)CCC5(C)C)CCCC. The van der Waals surface area contributed by atoms with E-state index < -0.39 is 0 Å². The monoisotopic (exact) mass is 888 g/mol. The van der Waals surface area contributed by atoms with Crippen LogP contribution in [-0.4, -0.2) is 6.85 Å². The van der Waals surface area contributed by atoms with Crippen LogP contribution in [0.2, 0.25) is 0 Å². The normalized spacial score (nSPS) is 16.5. The molecule has 0 N–H and O–H groups in total. The fraction of sp³-hybridized carbons (Fsp3) is 0.270. The summed E-state index contributed by atoms with van der Waals surface area (Å²) >= 11 is 0. The highest BCUT2D eigenvalue weighted by molar-refractivity contribution is 6.94. The molecule has 3 aliphatic rings. The van der Waals surface area contributed by atoms with E-state index in [0.29, 0.717) is 0 Å². The van der Waals surface area contributed by atoms with Gasteiger partial charge in [0.05, 0.1) is 5.69 Å². The number of rotatable bonds is 7. The summed E-state index contributed by atoms with van der Waals surface area (Å²) in [5, 5.41) is 7.00. The number of nitrogens with zero attached hydrogens (tertiary/aromatic N) is 2. The Morgan fingerprint density at radius 1 is 0.691 bits per heavy atom. The molecule has 0 amide bonds. The Labute approximate surface area is 401 Å². The zero-order valence-corrected chi connectivity index (χ0v) is 41.2. The number of furan rings is 2. The molecule has 0 saturated heterocycles. The van der Waals surface area contributed by atoms with Gasteiger partial charge in [0.2, 0.25) is 0 Å². The first-order valence-electron chi connectivity index (χ1n) is 24.9. The second-order valence-electron chi connectivity index (χ2n) is 22.3. The molecule has 5 heteroatoms. The number of hydrogen-bond acceptors (Lipinski definition) is 4. The van der Waals surface area contributed by atoms with Crippen LogP contribution < -0.4 is 20.6 Å². The molecular formula is C63H61BN2O2. The van der Waals surface area contributed by atoms with Crippen molar-refractivity contribution in [2.24, 2.45) is 0 Å². The largest absolute Gasteiger partial charge is 0.456 e. The van der Waals surface area contributed by atoms with Gasteiger partial charge in [-0.15, -0.1) is 0 Å². The lowest BCUT2D eigenvalue weighted by Gasteiger charge is -2.46. The average molecular weight is 889 g/mol. The van der Waals surface area contributed by atoms with E-state index in [0.717, 1.165) is 93.4 Å². The fourth-order valence-corrected chi connectivity index (χ4v) is 11.9. The third-order valence-corrected chi connectivity index (χ3v) is 16.0. The third-order valence-electron chi connectivity index (χ3n) is 16.0. The highest BCUT2D eigenvalue weighted by Gasteiger charge is 2.47. The van der Waals surface area contributed by atoms with Crippen molar-refractivity contribution >= 4 is 95.2 Å². The van der Waals surface area contributed by atoms with Gasteiger partial charge in [0.15, 0.2) is 5.58 Å². The Kier molecular flexibility index (Phi) is 9.49. The highest BCUT2D eigenvalue weighted by Crippen LogP contribution is 2.53. The topological polar surface area (TPSA) is 32.8 Å². The molecule has 9 aromatic rings. The maximum atomic E-state index is 7.16. The van der Waals surface area contributed by atoms with Crippen LogP contribution in [0, 0.1) is 0 Å². The average Bonchev–Trinajstić information content (AvgIpc) is 3.88. The Morgan fingerprint density at radius 3 is 2.09 bits per heavy atom. The van der Waals surface area contributed by atoms with Gasteiger partial charge in [-0.3, -0.25) is 0 Å². The van der Waals surface area contributed by atoms with E-state index >= 15 is 0 Å². The van der Waals surface area contributed by atoms with Gasteiger partial charge in [0, 0.05) is 55.9 Å². The molecule has 4 heterocycles. The molecule has 68 heavy (non-hydrogen) atoms. The second kappa shape index (κ2) is 15.1. The highest BCUT2D eigenvalue weighted by atomic mass is 16.3. The van der Waals surface area contributed by atoms with Crippen LogP contribution in [0.5, 0.6) is 0 Å². The summed E-state index contributed by atoms with van der Waals surface area (Å²) in [6.07, 6.45) is 12.1. The molecule has 0 bridgehead atoms. The predicted octanol–water partition coefficient (Wildman–Crippen LogP) is 16.9. The van der Waals surface area contributed by atoms with E-state index in [4.69, 9.17) is 8.83 Å². The van der Waals surface area contributed by atoms with Crippen LogP contribution in [0.15, 0.2) is 160 Å². The quantitative estimate of drug-likeness (QED) is 0.118. The maximum Gasteiger partial charge on any atom is 0.333 e. The number of allylic oxidation sites excluding steroid dienone is 5. The third kappa shape index (κ3) is 6.41. The maximum absolute atomic E-state index is 7.16. The molecule has 2 aliphatic heterocycles. The lowest BCUT2D eigenvalue weighted by molar-refractivity contribution is 0.332. The molecule has 0 saturated carbocycles. The number of anilines is 4. The Morgan fingerprint density at radius 2 is 1.37 bits per heavy atom. The van der Waals surface area contributed by atoms with Gasteiger partial charge in [-0.05, 0) is 153 Å². The second-order valence-corrected chi connectivity index (χ2v) is 22.3. The predicted molar refractivity (Wildman–Crippen MR) is 292 cm³/mol. The minimum atomic E-state index is -0.211. The van der Waals surface area contributed by atoms with Crippen molar-refractivity contribution in [1.82, 2.24) is 0 Å². The molecule has 0 fully saturated rings. The van der Waals surface area contributed by atoms with Crippen molar-refractivity contribution < 1.29 is 8.83 Å². The first kappa shape index (κ1) is 42.6. The summed E-state index contributed by atoms with van der Waals surface area (Å²) in [4.78, 5) is 5.12. The molecule has 4 nitrogen and oxygen atoms in total. The van der Waals surface area contributed by atoms with Gasteiger partial charge in [-0.1, -0.05) is 141 Å². The zero-order valence-electron chi connectivity index (χ0n) is 41.2. The lowest BCUT2D eigenvalue weighted by atomic mass is 9.43. The van der Waals surface area contributed by atoms with Gasteiger partial charge in [-0.2, -0.15) is 0 Å². The number of hydrogen-bond donors (Lipinski definition) is 0. The van der Waals surface area contributed by atoms with Crippen molar-refractivity contribution in [3.8, 4) is 11.1 Å². The fourth-order valence-electron chi connectivity index (χ4n) is 11.9. The van der Waals surface area contributed by atoms with Gasteiger partial charge in [-0.25, -0.2) is 0 Å². The van der Waals surface area contributed by atoms with Crippen LogP contribution in [0.1, 0.15) is 111 Å². The van der Waals surface area contributed by atoms with E-state index in [2.05, 4.69) is 206 Å². The summed E-state index contributed by atoms with van der Waals surface area (Å²) in [5.74, 6) is 0. The summed E-state index contributed by atoms with van der Waals surface area (Å²) in [5.41, 5.74) is 19.7. The van der Waals surface area contributed by atoms with Crippen LogP contribution in [0.3, 0.4) is 0 Å². The molecule has 0 radical (unpaired) electrons. The van der Waals surface area contributed by atoms with Gasteiger partial charge >= 0.3 is 6.85 Å². The van der Waals surface area contributed by atoms with Gasteiger partial charge in [0.1, 0.15) is 16.7 Å². The molecule has 12 rings (SSSR count). The van der Waals surface area contributed by atoms with Crippen molar-refractivity contribution in [1.29, 1.82) is 0 Å². The standard InChI is InChI=1S/C63H61BN2O2/c1-11-13-18-39(12-2)24-23-38(3)65-54-37-57-47(46-34-50-51(36-56(46)67-57)63(9,10)30-29-62(50,7)8)35-52(54)64-58-48(33-49-44-21-16-17-22-55(44)68-60(49)59(58)65)45-31-40-19-14-15-20-41(40)32-53(45)66(64)43-27-25-42(26-28-43)61(4,5)6/h12,14-17,19-28,31-37H,2,11,13,18,29-30H2,1,3-10H3/b38-23+,39-24+. The molecule has 0 atom stereocenters. The van der Waals surface area contributed by atoms with E-state index in [1.54, 1.807) is 0 Å². The number of unbranched alkanes of at least 4 members (excludes halogenated alkanes) is 1. The zero-order chi connectivity index (χ0) is 47.0. The first-order valence-corrected chi connectivity index (χ1v) is 24.9. The Balaban J connectivity index is 1.23. The Bertz CT molecular complexity index is 3640. The summed E-state index contributed by atoms with van der Waals surface area (Å²) in [7, 11) is 0. The molecule has 1 aliphatic carbocycles. The summed E-state index contributed by atoms with van der Waals surface area (Å²) < 4.78 is 14.3. The minimum Gasteiger partial charge on any atom is -0.456 e.